The first-order valence-electron chi connectivity index (χ1n) is 10.9. The monoisotopic (exact) mass is 468 g/mol. The lowest BCUT2D eigenvalue weighted by molar-refractivity contribution is 0.0526. The van der Waals surface area contributed by atoms with E-state index >= 15 is 0 Å². The molecule has 35 heavy (non-hydrogen) atoms. The molecule has 0 aliphatic rings. The van der Waals surface area contributed by atoms with Crippen molar-refractivity contribution in [2.45, 2.75) is 13.8 Å². The van der Waals surface area contributed by atoms with Crippen molar-refractivity contribution < 1.29 is 13.9 Å². The van der Waals surface area contributed by atoms with Gasteiger partial charge in [0.15, 0.2) is 0 Å². The third-order valence-electron chi connectivity index (χ3n) is 5.63. The van der Waals surface area contributed by atoms with E-state index in [2.05, 4.69) is 20.1 Å². The maximum atomic E-state index is 13.6. The average Bonchev–Trinajstić information content (AvgIpc) is 3.35. The summed E-state index contributed by atoms with van der Waals surface area (Å²) in [7, 11) is 0. The number of hydrogen-bond donors (Lipinski definition) is 1. The van der Waals surface area contributed by atoms with Gasteiger partial charge >= 0.3 is 5.97 Å². The molecule has 2 aromatic carbocycles. The number of esters is 1. The molecule has 0 unspecified atom stereocenters. The molecule has 8 nitrogen and oxygen atoms in total. The highest BCUT2D eigenvalue weighted by Gasteiger charge is 2.18. The van der Waals surface area contributed by atoms with Crippen LogP contribution < -0.4 is 5.73 Å². The molecule has 3 heterocycles. The van der Waals surface area contributed by atoms with Gasteiger partial charge < -0.3 is 10.5 Å². The number of nitrogen functional groups attached to an aromatic ring is 1. The summed E-state index contributed by atoms with van der Waals surface area (Å²) in [6, 6.07) is 13.8. The molecule has 5 rings (SSSR count). The smallest absolute Gasteiger partial charge is 0.341 e. The quantitative estimate of drug-likeness (QED) is 0.371. The van der Waals surface area contributed by atoms with Crippen molar-refractivity contribution in [3.63, 3.8) is 0 Å². The van der Waals surface area contributed by atoms with Gasteiger partial charge in [-0.3, -0.25) is 0 Å². The maximum absolute atomic E-state index is 13.6. The number of ether oxygens (including phenoxy) is 1. The standard InChI is InChI=1S/C26H21FN6O2/c1-3-35-26(34)18-12-31-33(13-18)23-11-21(17-6-9-22-20(10-17)15(2)29-14-30-22)24(32-25(23)28)16-4-7-19(27)8-5-16/h4-14H,3H2,1-2H3,(H2,28,32). The van der Waals surface area contributed by atoms with Crippen LogP contribution in [0, 0.1) is 12.7 Å². The molecule has 0 radical (unpaired) electrons. The van der Waals surface area contributed by atoms with E-state index in [0.29, 0.717) is 22.5 Å². The minimum atomic E-state index is -0.474. The van der Waals surface area contributed by atoms with Crippen molar-refractivity contribution in [1.82, 2.24) is 24.7 Å². The Morgan fingerprint density at radius 3 is 2.63 bits per heavy atom. The van der Waals surface area contributed by atoms with Gasteiger partial charge in [-0.1, -0.05) is 6.07 Å². The van der Waals surface area contributed by atoms with Gasteiger partial charge in [-0.25, -0.2) is 28.8 Å². The summed E-state index contributed by atoms with van der Waals surface area (Å²) in [5.41, 5.74) is 11.7. The van der Waals surface area contributed by atoms with E-state index in [9.17, 15) is 9.18 Å². The van der Waals surface area contributed by atoms with Gasteiger partial charge in [0.1, 0.15) is 23.6 Å². The number of anilines is 1. The van der Waals surface area contributed by atoms with E-state index in [1.165, 1.54) is 29.3 Å². The van der Waals surface area contributed by atoms with Crippen LogP contribution in [-0.2, 0) is 4.74 Å². The van der Waals surface area contributed by atoms with Gasteiger partial charge in [0, 0.05) is 28.4 Å². The number of pyridine rings is 1. The highest BCUT2D eigenvalue weighted by molar-refractivity contribution is 5.91. The van der Waals surface area contributed by atoms with Crippen LogP contribution >= 0.6 is 0 Å². The number of carbonyl (C=O) groups is 1. The lowest BCUT2D eigenvalue weighted by Gasteiger charge is -2.15. The Hall–Kier alpha value is -4.66. The zero-order valence-corrected chi connectivity index (χ0v) is 19.1. The molecule has 0 aliphatic heterocycles. The molecule has 0 atom stereocenters. The maximum Gasteiger partial charge on any atom is 0.341 e. The molecule has 0 fully saturated rings. The van der Waals surface area contributed by atoms with Gasteiger partial charge in [0.25, 0.3) is 0 Å². The number of rotatable bonds is 5. The molecule has 0 bridgehead atoms. The van der Waals surface area contributed by atoms with Gasteiger partial charge in [-0.05, 0) is 61.9 Å². The highest BCUT2D eigenvalue weighted by atomic mass is 19.1. The Labute approximate surface area is 200 Å². The SMILES string of the molecule is CCOC(=O)c1cnn(-c2cc(-c3ccc4ncnc(C)c4c3)c(-c3ccc(F)cc3)nc2N)c1. The van der Waals surface area contributed by atoms with Crippen molar-refractivity contribution in [2.24, 2.45) is 0 Å². The van der Waals surface area contributed by atoms with E-state index in [0.717, 1.165) is 27.7 Å². The second-order valence-electron chi connectivity index (χ2n) is 7.88. The Kier molecular flexibility index (Phi) is 5.66. The van der Waals surface area contributed by atoms with Crippen LogP contribution in [0.3, 0.4) is 0 Å². The van der Waals surface area contributed by atoms with Crippen molar-refractivity contribution in [1.29, 1.82) is 0 Å². The van der Waals surface area contributed by atoms with Crippen molar-refractivity contribution in [3.8, 4) is 28.1 Å². The number of aromatic nitrogens is 5. The first-order valence-corrected chi connectivity index (χ1v) is 10.9. The Morgan fingerprint density at radius 1 is 1.09 bits per heavy atom. The first-order chi connectivity index (χ1) is 16.9. The summed E-state index contributed by atoms with van der Waals surface area (Å²) in [4.78, 5) is 25.4. The second kappa shape index (κ2) is 8.94. The highest BCUT2D eigenvalue weighted by Crippen LogP contribution is 2.36. The summed E-state index contributed by atoms with van der Waals surface area (Å²) in [5, 5.41) is 5.19. The summed E-state index contributed by atoms with van der Waals surface area (Å²) in [6.45, 7) is 3.91. The molecule has 174 valence electrons. The molecule has 2 N–H and O–H groups in total. The number of carbonyl (C=O) groups excluding carboxylic acids is 1. The Bertz CT molecular complexity index is 1560. The predicted octanol–water partition coefficient (Wildman–Crippen LogP) is 4.75. The van der Waals surface area contributed by atoms with E-state index in [1.54, 1.807) is 25.3 Å². The Morgan fingerprint density at radius 2 is 1.86 bits per heavy atom. The molecular formula is C26H21FN6O2. The summed E-state index contributed by atoms with van der Waals surface area (Å²) in [6.07, 6.45) is 4.50. The second-order valence-corrected chi connectivity index (χ2v) is 7.88. The zero-order valence-electron chi connectivity index (χ0n) is 19.1. The molecule has 0 saturated carbocycles. The topological polar surface area (TPSA) is 109 Å². The van der Waals surface area contributed by atoms with E-state index in [1.807, 2.05) is 31.2 Å². The van der Waals surface area contributed by atoms with Crippen LogP contribution in [-0.4, -0.2) is 37.3 Å². The number of hydrogen-bond acceptors (Lipinski definition) is 7. The fourth-order valence-electron chi connectivity index (χ4n) is 3.88. The normalized spacial score (nSPS) is 11.1. The van der Waals surface area contributed by atoms with Gasteiger partial charge in [-0.15, -0.1) is 0 Å². The molecular weight excluding hydrogens is 447 g/mol. The van der Waals surface area contributed by atoms with Crippen LogP contribution in [0.1, 0.15) is 23.0 Å². The Balaban J connectivity index is 1.71. The summed E-state index contributed by atoms with van der Waals surface area (Å²) in [5.74, 6) is -0.619. The number of nitrogens with zero attached hydrogens (tertiary/aromatic N) is 5. The predicted molar refractivity (Wildman–Crippen MR) is 130 cm³/mol. The first kappa shape index (κ1) is 22.1. The van der Waals surface area contributed by atoms with Crippen molar-refractivity contribution in [3.05, 3.63) is 84.3 Å². The fourth-order valence-corrected chi connectivity index (χ4v) is 3.88. The summed E-state index contributed by atoms with van der Waals surface area (Å²) >= 11 is 0. The van der Waals surface area contributed by atoms with Crippen LogP contribution in [0.15, 0.2) is 67.3 Å². The average molecular weight is 468 g/mol. The molecule has 0 saturated heterocycles. The molecule has 3 aromatic heterocycles. The van der Waals surface area contributed by atoms with Gasteiger partial charge in [0.05, 0.1) is 29.6 Å². The minimum Gasteiger partial charge on any atom is -0.462 e. The number of nitrogens with two attached hydrogens (primary N) is 1. The van der Waals surface area contributed by atoms with Gasteiger partial charge in [0.2, 0.25) is 0 Å². The zero-order chi connectivity index (χ0) is 24.5. The lowest BCUT2D eigenvalue weighted by Crippen LogP contribution is -2.06. The molecule has 9 heteroatoms. The molecule has 0 aliphatic carbocycles. The minimum absolute atomic E-state index is 0.201. The number of halogens is 1. The summed E-state index contributed by atoms with van der Waals surface area (Å²) < 4.78 is 20.2. The van der Waals surface area contributed by atoms with Gasteiger partial charge in [-0.2, -0.15) is 5.10 Å². The van der Waals surface area contributed by atoms with Crippen LogP contribution in [0.4, 0.5) is 10.2 Å². The van der Waals surface area contributed by atoms with Crippen LogP contribution in [0.2, 0.25) is 0 Å². The molecule has 0 spiro atoms. The lowest BCUT2D eigenvalue weighted by atomic mass is 9.97. The van der Waals surface area contributed by atoms with E-state index < -0.39 is 5.97 Å². The third-order valence-corrected chi connectivity index (χ3v) is 5.63. The van der Waals surface area contributed by atoms with Crippen LogP contribution in [0.25, 0.3) is 39.0 Å². The fraction of sp³-hybridized carbons (Fsp3) is 0.115. The molecule has 5 aromatic rings. The largest absolute Gasteiger partial charge is 0.462 e. The number of benzene rings is 2. The van der Waals surface area contributed by atoms with Crippen molar-refractivity contribution >= 4 is 22.7 Å². The van der Waals surface area contributed by atoms with Crippen molar-refractivity contribution in [2.75, 3.05) is 12.3 Å². The molecule has 0 amide bonds. The van der Waals surface area contributed by atoms with E-state index in [4.69, 9.17) is 10.5 Å². The third kappa shape index (κ3) is 4.19. The van der Waals surface area contributed by atoms with E-state index in [-0.39, 0.29) is 18.2 Å². The number of fused-ring (bicyclic) bond motifs is 1. The van der Waals surface area contributed by atoms with Crippen LogP contribution in [0.5, 0.6) is 0 Å². The number of aryl methyl sites for hydroxylation is 1.